The number of carboxylic acids is 1. The molecule has 0 amide bonds. The van der Waals surface area contributed by atoms with Gasteiger partial charge in [-0.05, 0) is 28.8 Å². The van der Waals surface area contributed by atoms with E-state index in [9.17, 15) is 4.79 Å². The molecule has 1 aromatic heterocycles. The zero-order valence-corrected chi connectivity index (χ0v) is 8.47. The molecule has 0 saturated heterocycles. The maximum atomic E-state index is 10.7. The molecule has 2 N–H and O–H groups in total. The van der Waals surface area contributed by atoms with Crippen molar-refractivity contribution in [2.24, 2.45) is 0 Å². The molecular weight excluding hydrogens is 236 g/mol. The zero-order valence-electron chi connectivity index (χ0n) is 6.88. The highest BCUT2D eigenvalue weighted by Gasteiger charge is 2.26. The minimum absolute atomic E-state index is 0.0851. The van der Waals surface area contributed by atoms with Crippen LogP contribution in [0.5, 0.6) is 0 Å². The molecule has 70 valence electrons. The molecule has 0 spiro atoms. The van der Waals surface area contributed by atoms with Gasteiger partial charge in [-0.15, -0.1) is 0 Å². The number of H-pyrrole nitrogens is 1. The van der Waals surface area contributed by atoms with E-state index < -0.39 is 5.97 Å². The first-order valence-electron chi connectivity index (χ1n) is 4.17. The molecule has 1 fully saturated rings. The Bertz CT molecular complexity index is 344. The number of rotatable bonds is 2. The Morgan fingerprint density at radius 3 is 2.69 bits per heavy atom. The Balaban J connectivity index is 2.32. The number of aromatic nitrogens is 2. The third-order valence-electron chi connectivity index (χ3n) is 2.45. The first-order valence-corrected chi connectivity index (χ1v) is 4.96. The summed E-state index contributed by atoms with van der Waals surface area (Å²) in [5, 5.41) is 15.3. The molecule has 0 bridgehead atoms. The first kappa shape index (κ1) is 8.74. The van der Waals surface area contributed by atoms with E-state index in [1.165, 1.54) is 6.42 Å². The monoisotopic (exact) mass is 244 g/mol. The van der Waals surface area contributed by atoms with Gasteiger partial charge in [0.05, 0.1) is 10.2 Å². The van der Waals surface area contributed by atoms with E-state index in [2.05, 4.69) is 26.1 Å². The van der Waals surface area contributed by atoms with Crippen LogP contribution in [0.1, 0.15) is 41.4 Å². The summed E-state index contributed by atoms with van der Waals surface area (Å²) in [7, 11) is 0. The SMILES string of the molecule is O=C(O)c1n[nH]c(C2CCC2)c1Br. The summed E-state index contributed by atoms with van der Waals surface area (Å²) >= 11 is 3.25. The van der Waals surface area contributed by atoms with Gasteiger partial charge in [0.15, 0.2) is 5.69 Å². The summed E-state index contributed by atoms with van der Waals surface area (Å²) in [6.07, 6.45) is 3.47. The van der Waals surface area contributed by atoms with Crippen LogP contribution in [0.4, 0.5) is 0 Å². The number of aromatic carboxylic acids is 1. The molecule has 0 aliphatic heterocycles. The van der Waals surface area contributed by atoms with Gasteiger partial charge in [-0.3, -0.25) is 5.10 Å². The van der Waals surface area contributed by atoms with Crippen molar-refractivity contribution in [3.8, 4) is 0 Å². The number of carbonyl (C=O) groups is 1. The molecule has 0 radical (unpaired) electrons. The fourth-order valence-electron chi connectivity index (χ4n) is 1.45. The minimum Gasteiger partial charge on any atom is -0.476 e. The second kappa shape index (κ2) is 3.14. The van der Waals surface area contributed by atoms with Gasteiger partial charge in [0, 0.05) is 5.92 Å². The first-order chi connectivity index (χ1) is 6.20. The molecule has 13 heavy (non-hydrogen) atoms. The maximum Gasteiger partial charge on any atom is 0.357 e. The van der Waals surface area contributed by atoms with Crippen molar-refractivity contribution in [1.82, 2.24) is 10.2 Å². The van der Waals surface area contributed by atoms with Crippen molar-refractivity contribution in [3.63, 3.8) is 0 Å². The van der Waals surface area contributed by atoms with Crippen LogP contribution in [-0.4, -0.2) is 21.3 Å². The van der Waals surface area contributed by atoms with E-state index in [0.717, 1.165) is 18.5 Å². The molecule has 1 aromatic rings. The number of hydrogen-bond acceptors (Lipinski definition) is 2. The van der Waals surface area contributed by atoms with Gasteiger partial charge in [-0.1, -0.05) is 6.42 Å². The van der Waals surface area contributed by atoms with Crippen LogP contribution in [0, 0.1) is 0 Å². The molecule has 2 rings (SSSR count). The van der Waals surface area contributed by atoms with Crippen molar-refractivity contribution >= 4 is 21.9 Å². The van der Waals surface area contributed by atoms with Crippen LogP contribution in [0.2, 0.25) is 0 Å². The van der Waals surface area contributed by atoms with Crippen LogP contribution in [0.15, 0.2) is 4.47 Å². The average molecular weight is 245 g/mol. The summed E-state index contributed by atoms with van der Waals surface area (Å²) in [6, 6.07) is 0. The van der Waals surface area contributed by atoms with E-state index in [4.69, 9.17) is 5.11 Å². The van der Waals surface area contributed by atoms with Crippen LogP contribution < -0.4 is 0 Å². The van der Waals surface area contributed by atoms with Crippen molar-refractivity contribution in [1.29, 1.82) is 0 Å². The van der Waals surface area contributed by atoms with Gasteiger partial charge in [0.25, 0.3) is 0 Å². The highest BCUT2D eigenvalue weighted by Crippen LogP contribution is 2.39. The lowest BCUT2D eigenvalue weighted by atomic mass is 9.83. The van der Waals surface area contributed by atoms with E-state index >= 15 is 0 Å². The number of halogens is 1. The predicted molar refractivity (Wildman–Crippen MR) is 49.8 cm³/mol. The minimum atomic E-state index is -0.992. The lowest BCUT2D eigenvalue weighted by molar-refractivity contribution is 0.0689. The smallest absolute Gasteiger partial charge is 0.357 e. The normalized spacial score (nSPS) is 17.0. The topological polar surface area (TPSA) is 66.0 Å². The van der Waals surface area contributed by atoms with E-state index in [1.807, 2.05) is 0 Å². The number of nitrogens with one attached hydrogen (secondary N) is 1. The summed E-state index contributed by atoms with van der Waals surface area (Å²) in [6.45, 7) is 0. The lowest BCUT2D eigenvalue weighted by Crippen LogP contribution is -2.09. The molecule has 1 aliphatic rings. The molecular formula is C8H9BrN2O2. The highest BCUT2D eigenvalue weighted by atomic mass is 79.9. The van der Waals surface area contributed by atoms with Gasteiger partial charge in [0.1, 0.15) is 0 Å². The number of nitrogens with zero attached hydrogens (tertiary/aromatic N) is 1. The quantitative estimate of drug-likeness (QED) is 0.838. The van der Waals surface area contributed by atoms with E-state index in [0.29, 0.717) is 10.4 Å². The van der Waals surface area contributed by atoms with E-state index in [-0.39, 0.29) is 5.69 Å². The lowest BCUT2D eigenvalue weighted by Gasteiger charge is -2.24. The molecule has 0 aromatic carbocycles. The molecule has 0 atom stereocenters. The zero-order chi connectivity index (χ0) is 9.42. The van der Waals surface area contributed by atoms with Crippen LogP contribution in [-0.2, 0) is 0 Å². The molecule has 1 saturated carbocycles. The van der Waals surface area contributed by atoms with E-state index in [1.54, 1.807) is 0 Å². The van der Waals surface area contributed by atoms with Crippen molar-refractivity contribution in [2.75, 3.05) is 0 Å². The molecule has 0 unspecified atom stereocenters. The van der Waals surface area contributed by atoms with Crippen molar-refractivity contribution < 1.29 is 9.90 Å². The largest absolute Gasteiger partial charge is 0.476 e. The molecule has 1 aliphatic carbocycles. The van der Waals surface area contributed by atoms with Gasteiger partial charge in [-0.2, -0.15) is 5.10 Å². The number of aromatic amines is 1. The second-order valence-electron chi connectivity index (χ2n) is 3.23. The fraction of sp³-hybridized carbons (Fsp3) is 0.500. The standard InChI is InChI=1S/C8H9BrN2O2/c9-5-6(4-2-1-3-4)10-11-7(5)8(12)13/h4H,1-3H2,(H,10,11)(H,12,13). The molecule has 5 heteroatoms. The maximum absolute atomic E-state index is 10.7. The Morgan fingerprint density at radius 2 is 2.31 bits per heavy atom. The number of hydrogen-bond donors (Lipinski definition) is 2. The van der Waals surface area contributed by atoms with Crippen LogP contribution in [0.25, 0.3) is 0 Å². The highest BCUT2D eigenvalue weighted by molar-refractivity contribution is 9.10. The third kappa shape index (κ3) is 1.37. The molecule has 4 nitrogen and oxygen atoms in total. The average Bonchev–Trinajstić information content (AvgIpc) is 2.29. The Labute approximate surface area is 83.5 Å². The summed E-state index contributed by atoms with van der Waals surface area (Å²) in [5.41, 5.74) is 1.02. The Kier molecular flexibility index (Phi) is 2.11. The molecule has 1 heterocycles. The predicted octanol–water partition coefficient (Wildman–Crippen LogP) is 2.14. The van der Waals surface area contributed by atoms with Gasteiger partial charge in [0.2, 0.25) is 0 Å². The van der Waals surface area contributed by atoms with Gasteiger partial charge in [-0.25, -0.2) is 4.79 Å². The Hall–Kier alpha value is -0.840. The third-order valence-corrected chi connectivity index (χ3v) is 3.25. The fourth-order valence-corrected chi connectivity index (χ4v) is 2.12. The van der Waals surface area contributed by atoms with Crippen LogP contribution in [0.3, 0.4) is 0 Å². The van der Waals surface area contributed by atoms with Gasteiger partial charge >= 0.3 is 5.97 Å². The second-order valence-corrected chi connectivity index (χ2v) is 4.03. The van der Waals surface area contributed by atoms with Crippen molar-refractivity contribution in [2.45, 2.75) is 25.2 Å². The van der Waals surface area contributed by atoms with Crippen molar-refractivity contribution in [3.05, 3.63) is 15.9 Å². The summed E-state index contributed by atoms with van der Waals surface area (Å²) in [4.78, 5) is 10.7. The van der Waals surface area contributed by atoms with Gasteiger partial charge < -0.3 is 5.11 Å². The Morgan fingerprint density at radius 1 is 1.62 bits per heavy atom. The van der Waals surface area contributed by atoms with Crippen LogP contribution >= 0.6 is 15.9 Å². The summed E-state index contributed by atoms with van der Waals surface area (Å²) in [5.74, 6) is -0.524. The number of carboxylic acid groups (broad SMARTS) is 1. The summed E-state index contributed by atoms with van der Waals surface area (Å²) < 4.78 is 0.615.